The van der Waals surface area contributed by atoms with E-state index >= 15 is 0 Å². The van der Waals surface area contributed by atoms with Gasteiger partial charge in [-0.1, -0.05) is 24.4 Å². The molecule has 1 saturated carbocycles. The lowest BCUT2D eigenvalue weighted by Gasteiger charge is -2.22. The Hall–Kier alpha value is -1.66. The van der Waals surface area contributed by atoms with Gasteiger partial charge in [0.05, 0.1) is 16.3 Å². The zero-order valence-electron chi connectivity index (χ0n) is 11.3. The van der Waals surface area contributed by atoms with Crippen molar-refractivity contribution in [2.24, 2.45) is 0 Å². The lowest BCUT2D eigenvalue weighted by atomic mass is 10.0. The molecule has 2 rings (SSSR count). The third-order valence-corrected chi connectivity index (χ3v) is 3.82. The minimum Gasteiger partial charge on any atom is -0.388 e. The van der Waals surface area contributed by atoms with Gasteiger partial charge in [-0.05, 0) is 31.0 Å². The van der Waals surface area contributed by atoms with Crippen molar-refractivity contribution in [3.05, 3.63) is 29.0 Å². The van der Waals surface area contributed by atoms with E-state index in [-0.39, 0.29) is 17.3 Å². The molecule has 0 spiro atoms. The molecule has 1 aromatic carbocycles. The van der Waals surface area contributed by atoms with Crippen LogP contribution in [0, 0.1) is 5.82 Å². The number of aliphatic hydroxyl groups is 1. The summed E-state index contributed by atoms with van der Waals surface area (Å²) < 4.78 is 13.1. The molecule has 1 aliphatic rings. The average Bonchev–Trinajstić information content (AvgIpc) is 2.87. The van der Waals surface area contributed by atoms with Crippen LogP contribution < -0.4 is 10.6 Å². The molecular weight excluding hydrogens is 299 g/mol. The molecule has 2 amide bonds. The van der Waals surface area contributed by atoms with Crippen LogP contribution in [-0.4, -0.2) is 29.1 Å². The number of rotatable bonds is 3. The van der Waals surface area contributed by atoms with Gasteiger partial charge in [0, 0.05) is 6.54 Å². The molecule has 0 bridgehead atoms. The van der Waals surface area contributed by atoms with E-state index < -0.39 is 23.2 Å². The van der Waals surface area contributed by atoms with Crippen LogP contribution in [0.1, 0.15) is 25.7 Å². The maximum absolute atomic E-state index is 13.1. The lowest BCUT2D eigenvalue weighted by molar-refractivity contribution is -0.136. The number of amides is 2. The highest BCUT2D eigenvalue weighted by atomic mass is 35.5. The van der Waals surface area contributed by atoms with Gasteiger partial charge >= 0.3 is 11.8 Å². The van der Waals surface area contributed by atoms with E-state index in [9.17, 15) is 19.1 Å². The van der Waals surface area contributed by atoms with E-state index in [1.54, 1.807) is 0 Å². The summed E-state index contributed by atoms with van der Waals surface area (Å²) >= 11 is 5.79. The van der Waals surface area contributed by atoms with Crippen LogP contribution in [-0.2, 0) is 9.59 Å². The molecule has 21 heavy (non-hydrogen) atoms. The van der Waals surface area contributed by atoms with Crippen molar-refractivity contribution in [3.63, 3.8) is 0 Å². The van der Waals surface area contributed by atoms with Crippen LogP contribution in [0.25, 0.3) is 0 Å². The first-order valence-corrected chi connectivity index (χ1v) is 7.04. The molecule has 0 aliphatic heterocycles. The molecule has 0 radical (unpaired) electrons. The molecule has 114 valence electrons. The summed E-state index contributed by atoms with van der Waals surface area (Å²) in [5.41, 5.74) is -0.914. The second-order valence-corrected chi connectivity index (χ2v) is 5.60. The highest BCUT2D eigenvalue weighted by Gasteiger charge is 2.32. The molecule has 1 aromatic rings. The van der Waals surface area contributed by atoms with Gasteiger partial charge in [0.2, 0.25) is 0 Å². The van der Waals surface area contributed by atoms with Crippen LogP contribution in [0.4, 0.5) is 10.1 Å². The van der Waals surface area contributed by atoms with Gasteiger partial charge < -0.3 is 15.7 Å². The number of carbonyl (C=O) groups excluding carboxylic acids is 2. The van der Waals surface area contributed by atoms with Crippen molar-refractivity contribution in [3.8, 4) is 0 Å². The normalized spacial score (nSPS) is 16.5. The van der Waals surface area contributed by atoms with E-state index in [4.69, 9.17) is 11.6 Å². The Labute approximate surface area is 126 Å². The number of halogens is 2. The van der Waals surface area contributed by atoms with Crippen molar-refractivity contribution >= 4 is 29.1 Å². The molecule has 0 aromatic heterocycles. The molecular formula is C14H16ClFN2O3. The summed E-state index contributed by atoms with van der Waals surface area (Å²) in [4.78, 5) is 23.4. The smallest absolute Gasteiger partial charge is 0.313 e. The Morgan fingerprint density at radius 2 is 1.95 bits per heavy atom. The van der Waals surface area contributed by atoms with Crippen LogP contribution in [0.3, 0.4) is 0 Å². The molecule has 1 aliphatic carbocycles. The number of hydrogen-bond donors (Lipinski definition) is 3. The van der Waals surface area contributed by atoms with E-state index in [1.165, 1.54) is 6.07 Å². The van der Waals surface area contributed by atoms with E-state index in [0.29, 0.717) is 12.8 Å². The summed E-state index contributed by atoms with van der Waals surface area (Å²) in [6.45, 7) is 0.0239. The minimum absolute atomic E-state index is 0.0239. The summed E-state index contributed by atoms with van der Waals surface area (Å²) in [5.74, 6) is -2.42. The van der Waals surface area contributed by atoms with Crippen LogP contribution in [0.15, 0.2) is 18.2 Å². The Bertz CT molecular complexity index is 559. The Balaban J connectivity index is 1.90. The first-order chi connectivity index (χ1) is 9.89. The minimum atomic E-state index is -0.955. The standard InChI is InChI=1S/C14H16ClFN2O3/c15-10-4-3-9(16)7-11(10)18-13(20)12(19)17-8-14(21)5-1-2-6-14/h3-4,7,21H,1-2,5-6,8H2,(H,17,19)(H,18,20). The topological polar surface area (TPSA) is 78.4 Å². The van der Waals surface area contributed by atoms with Crippen molar-refractivity contribution in [1.29, 1.82) is 0 Å². The van der Waals surface area contributed by atoms with Crippen molar-refractivity contribution < 1.29 is 19.1 Å². The molecule has 3 N–H and O–H groups in total. The number of carbonyl (C=O) groups is 2. The van der Waals surface area contributed by atoms with Gasteiger partial charge in [0.25, 0.3) is 0 Å². The molecule has 0 atom stereocenters. The zero-order chi connectivity index (χ0) is 15.5. The first kappa shape index (κ1) is 15.7. The Morgan fingerprint density at radius 1 is 1.29 bits per heavy atom. The van der Waals surface area contributed by atoms with Crippen molar-refractivity contribution in [2.45, 2.75) is 31.3 Å². The van der Waals surface area contributed by atoms with Gasteiger partial charge in [0.15, 0.2) is 0 Å². The molecule has 5 nitrogen and oxygen atoms in total. The van der Waals surface area contributed by atoms with E-state index in [1.807, 2.05) is 0 Å². The molecule has 7 heteroatoms. The van der Waals surface area contributed by atoms with Gasteiger partial charge in [-0.3, -0.25) is 9.59 Å². The largest absolute Gasteiger partial charge is 0.388 e. The average molecular weight is 315 g/mol. The number of benzene rings is 1. The summed E-state index contributed by atoms with van der Waals surface area (Å²) in [5, 5.41) is 14.8. The van der Waals surface area contributed by atoms with Gasteiger partial charge in [-0.2, -0.15) is 0 Å². The number of anilines is 1. The van der Waals surface area contributed by atoms with Crippen molar-refractivity contribution in [1.82, 2.24) is 5.32 Å². The Kier molecular flexibility index (Phi) is 4.80. The molecule has 0 saturated heterocycles. The van der Waals surface area contributed by atoms with Crippen LogP contribution in [0.2, 0.25) is 5.02 Å². The fraction of sp³-hybridized carbons (Fsp3) is 0.429. The lowest BCUT2D eigenvalue weighted by Crippen LogP contribution is -2.44. The number of nitrogens with one attached hydrogen (secondary N) is 2. The highest BCUT2D eigenvalue weighted by molar-refractivity contribution is 6.41. The first-order valence-electron chi connectivity index (χ1n) is 6.66. The quantitative estimate of drug-likeness (QED) is 0.745. The summed E-state index contributed by atoms with van der Waals surface area (Å²) in [6.07, 6.45) is 3.00. The van der Waals surface area contributed by atoms with Crippen molar-refractivity contribution in [2.75, 3.05) is 11.9 Å². The summed E-state index contributed by atoms with van der Waals surface area (Å²) in [6, 6.07) is 3.46. The summed E-state index contributed by atoms with van der Waals surface area (Å²) in [7, 11) is 0. The fourth-order valence-corrected chi connectivity index (χ4v) is 2.47. The van der Waals surface area contributed by atoms with Gasteiger partial charge in [-0.25, -0.2) is 4.39 Å². The molecule has 1 fully saturated rings. The monoisotopic (exact) mass is 314 g/mol. The number of hydrogen-bond acceptors (Lipinski definition) is 3. The third-order valence-electron chi connectivity index (χ3n) is 3.50. The second kappa shape index (κ2) is 6.41. The zero-order valence-corrected chi connectivity index (χ0v) is 12.0. The maximum Gasteiger partial charge on any atom is 0.313 e. The van der Waals surface area contributed by atoms with Crippen LogP contribution in [0.5, 0.6) is 0 Å². The van der Waals surface area contributed by atoms with E-state index in [0.717, 1.165) is 25.0 Å². The predicted molar refractivity (Wildman–Crippen MR) is 76.5 cm³/mol. The van der Waals surface area contributed by atoms with E-state index in [2.05, 4.69) is 10.6 Å². The highest BCUT2D eigenvalue weighted by Crippen LogP contribution is 2.28. The predicted octanol–water partition coefficient (Wildman–Crippen LogP) is 1.84. The SMILES string of the molecule is O=C(NCC1(O)CCCC1)C(=O)Nc1cc(F)ccc1Cl. The van der Waals surface area contributed by atoms with Crippen LogP contribution >= 0.6 is 11.6 Å². The fourth-order valence-electron chi connectivity index (χ4n) is 2.31. The second-order valence-electron chi connectivity index (χ2n) is 5.19. The maximum atomic E-state index is 13.1. The third kappa shape index (κ3) is 4.15. The van der Waals surface area contributed by atoms with Gasteiger partial charge in [0.1, 0.15) is 5.82 Å². The molecule has 0 unspecified atom stereocenters. The Morgan fingerprint density at radius 3 is 2.62 bits per heavy atom. The van der Waals surface area contributed by atoms with Gasteiger partial charge in [-0.15, -0.1) is 0 Å². The molecule has 0 heterocycles.